The summed E-state index contributed by atoms with van der Waals surface area (Å²) in [6.45, 7) is 0.159. The number of nitrogens with zero attached hydrogens (tertiary/aromatic N) is 3. The van der Waals surface area contributed by atoms with Gasteiger partial charge in [-0.25, -0.2) is 4.68 Å². The van der Waals surface area contributed by atoms with E-state index in [0.29, 0.717) is 0 Å². The van der Waals surface area contributed by atoms with Gasteiger partial charge in [-0.2, -0.15) is 0 Å². The van der Waals surface area contributed by atoms with Gasteiger partial charge in [-0.15, -0.1) is 5.10 Å². The second kappa shape index (κ2) is 4.89. The number of hydrogen-bond acceptors (Lipinski definition) is 3. The van der Waals surface area contributed by atoms with Gasteiger partial charge in [0.2, 0.25) is 5.91 Å². The molecule has 0 aliphatic heterocycles. The van der Waals surface area contributed by atoms with Crippen LogP contribution in [0.1, 0.15) is 0 Å². The molecular weight excluding hydrogens is 272 g/mol. The molecule has 5 nitrogen and oxygen atoms in total. The van der Waals surface area contributed by atoms with E-state index in [9.17, 15) is 4.79 Å². The molecule has 0 aliphatic rings. The molecule has 1 N–H and O–H groups in total. The van der Waals surface area contributed by atoms with E-state index in [1.165, 1.54) is 10.9 Å². The molecule has 1 amide bonds. The number of nitrogens with one attached hydrogen (secondary N) is 1. The largest absolute Gasteiger partial charge is 0.324 e. The molecule has 82 valence electrons. The average Bonchev–Trinajstić information content (AvgIpc) is 2.70. The number of carbonyl (C=O) groups is 1. The lowest BCUT2D eigenvalue weighted by Gasteiger charge is -2.04. The van der Waals surface area contributed by atoms with Gasteiger partial charge in [0, 0.05) is 16.4 Å². The number of hydrogen-bond donors (Lipinski definition) is 1. The molecule has 1 heterocycles. The molecule has 0 radical (unpaired) electrons. The highest BCUT2D eigenvalue weighted by Gasteiger charge is 2.03. The summed E-state index contributed by atoms with van der Waals surface area (Å²) in [5, 5.41) is 10.1. The Labute approximate surface area is 101 Å². The van der Waals surface area contributed by atoms with Crippen molar-refractivity contribution in [3.8, 4) is 0 Å². The molecule has 0 unspecified atom stereocenters. The van der Waals surface area contributed by atoms with E-state index in [0.717, 1.165) is 10.2 Å². The first-order valence-electron chi connectivity index (χ1n) is 4.63. The van der Waals surface area contributed by atoms with Gasteiger partial charge in [-0.3, -0.25) is 4.79 Å². The Bertz CT molecular complexity index is 483. The monoisotopic (exact) mass is 280 g/mol. The van der Waals surface area contributed by atoms with Crippen molar-refractivity contribution in [2.45, 2.75) is 6.54 Å². The summed E-state index contributed by atoms with van der Waals surface area (Å²) in [4.78, 5) is 11.6. The maximum Gasteiger partial charge on any atom is 0.246 e. The maximum atomic E-state index is 11.6. The normalized spacial score (nSPS) is 10.1. The third kappa shape index (κ3) is 2.90. The van der Waals surface area contributed by atoms with Crippen LogP contribution >= 0.6 is 15.9 Å². The minimum absolute atomic E-state index is 0.136. The minimum Gasteiger partial charge on any atom is -0.324 e. The summed E-state index contributed by atoms with van der Waals surface area (Å²) in [7, 11) is 0. The standard InChI is InChI=1S/C10H9BrN4O/c11-8-2-1-3-9(6-8)13-10(16)7-15-5-4-12-14-15/h1-6H,7H2,(H,13,16). The summed E-state index contributed by atoms with van der Waals surface area (Å²) >= 11 is 3.33. The molecule has 0 fully saturated rings. The molecule has 0 aliphatic carbocycles. The zero-order chi connectivity index (χ0) is 11.4. The summed E-state index contributed by atoms with van der Waals surface area (Å²) in [5.41, 5.74) is 0.750. The Morgan fingerprint density at radius 3 is 3.06 bits per heavy atom. The van der Waals surface area contributed by atoms with Crippen molar-refractivity contribution >= 4 is 27.5 Å². The molecule has 0 saturated heterocycles. The predicted octanol–water partition coefficient (Wildman–Crippen LogP) is 1.68. The number of amides is 1. The molecule has 2 aromatic rings. The van der Waals surface area contributed by atoms with Gasteiger partial charge in [0.05, 0.1) is 6.20 Å². The maximum absolute atomic E-state index is 11.6. The number of rotatable bonds is 3. The van der Waals surface area contributed by atoms with Crippen molar-refractivity contribution in [1.29, 1.82) is 0 Å². The van der Waals surface area contributed by atoms with E-state index in [-0.39, 0.29) is 12.5 Å². The molecule has 6 heteroatoms. The van der Waals surface area contributed by atoms with E-state index < -0.39 is 0 Å². The zero-order valence-electron chi connectivity index (χ0n) is 8.30. The number of benzene rings is 1. The lowest BCUT2D eigenvalue weighted by atomic mass is 10.3. The molecule has 2 rings (SSSR count). The van der Waals surface area contributed by atoms with Gasteiger partial charge >= 0.3 is 0 Å². The topological polar surface area (TPSA) is 59.8 Å². The van der Waals surface area contributed by atoms with Crippen LogP contribution in [0.5, 0.6) is 0 Å². The van der Waals surface area contributed by atoms with Crippen molar-refractivity contribution < 1.29 is 4.79 Å². The Balaban J connectivity index is 1.97. The minimum atomic E-state index is -0.136. The van der Waals surface area contributed by atoms with Crippen molar-refractivity contribution in [2.24, 2.45) is 0 Å². The lowest BCUT2D eigenvalue weighted by molar-refractivity contribution is -0.116. The number of halogens is 1. The molecule has 16 heavy (non-hydrogen) atoms. The van der Waals surface area contributed by atoms with Crippen LogP contribution in [0.2, 0.25) is 0 Å². The van der Waals surface area contributed by atoms with Crippen LogP contribution in [0.4, 0.5) is 5.69 Å². The third-order valence-electron chi connectivity index (χ3n) is 1.89. The van der Waals surface area contributed by atoms with E-state index in [1.807, 2.05) is 24.3 Å². The van der Waals surface area contributed by atoms with Gasteiger partial charge in [-0.1, -0.05) is 27.2 Å². The zero-order valence-corrected chi connectivity index (χ0v) is 9.89. The van der Waals surface area contributed by atoms with E-state index in [4.69, 9.17) is 0 Å². The van der Waals surface area contributed by atoms with Gasteiger partial charge in [0.15, 0.2) is 0 Å². The summed E-state index contributed by atoms with van der Waals surface area (Å²) in [6, 6.07) is 7.41. The van der Waals surface area contributed by atoms with E-state index in [1.54, 1.807) is 6.20 Å². The van der Waals surface area contributed by atoms with E-state index >= 15 is 0 Å². The summed E-state index contributed by atoms with van der Waals surface area (Å²) in [6.07, 6.45) is 3.17. The quantitative estimate of drug-likeness (QED) is 0.931. The van der Waals surface area contributed by atoms with Crippen molar-refractivity contribution in [2.75, 3.05) is 5.32 Å². The Morgan fingerprint density at radius 1 is 1.50 bits per heavy atom. The Kier molecular flexibility index (Phi) is 3.31. The van der Waals surface area contributed by atoms with Crippen LogP contribution in [0.15, 0.2) is 41.1 Å². The van der Waals surface area contributed by atoms with Crippen LogP contribution in [0.25, 0.3) is 0 Å². The van der Waals surface area contributed by atoms with E-state index in [2.05, 4.69) is 31.6 Å². The highest BCUT2D eigenvalue weighted by atomic mass is 79.9. The number of anilines is 1. The van der Waals surface area contributed by atoms with Gasteiger partial charge < -0.3 is 5.32 Å². The third-order valence-corrected chi connectivity index (χ3v) is 2.38. The Morgan fingerprint density at radius 2 is 2.38 bits per heavy atom. The molecule has 0 bridgehead atoms. The smallest absolute Gasteiger partial charge is 0.246 e. The highest BCUT2D eigenvalue weighted by Crippen LogP contribution is 2.15. The molecule has 1 aromatic carbocycles. The van der Waals surface area contributed by atoms with Crippen LogP contribution in [-0.4, -0.2) is 20.9 Å². The predicted molar refractivity (Wildman–Crippen MR) is 62.8 cm³/mol. The Hall–Kier alpha value is -1.69. The second-order valence-corrected chi connectivity index (χ2v) is 4.07. The van der Waals surface area contributed by atoms with Gasteiger partial charge in [0.25, 0.3) is 0 Å². The first-order chi connectivity index (χ1) is 7.74. The average molecular weight is 281 g/mol. The SMILES string of the molecule is O=C(Cn1ccnn1)Nc1cccc(Br)c1. The van der Waals surface area contributed by atoms with Crippen LogP contribution in [-0.2, 0) is 11.3 Å². The van der Waals surface area contributed by atoms with Crippen LogP contribution < -0.4 is 5.32 Å². The van der Waals surface area contributed by atoms with Crippen LogP contribution in [0, 0.1) is 0 Å². The number of aromatic nitrogens is 3. The van der Waals surface area contributed by atoms with Crippen molar-refractivity contribution in [3.05, 3.63) is 41.1 Å². The van der Waals surface area contributed by atoms with Crippen molar-refractivity contribution in [1.82, 2.24) is 15.0 Å². The first-order valence-corrected chi connectivity index (χ1v) is 5.43. The highest BCUT2D eigenvalue weighted by molar-refractivity contribution is 9.10. The molecule has 0 atom stereocenters. The fraction of sp³-hybridized carbons (Fsp3) is 0.100. The molecule has 0 saturated carbocycles. The lowest BCUT2D eigenvalue weighted by Crippen LogP contribution is -2.19. The number of carbonyl (C=O) groups excluding carboxylic acids is 1. The fourth-order valence-electron chi connectivity index (χ4n) is 1.23. The second-order valence-electron chi connectivity index (χ2n) is 3.16. The fourth-order valence-corrected chi connectivity index (χ4v) is 1.63. The summed E-state index contributed by atoms with van der Waals surface area (Å²) in [5.74, 6) is -0.136. The molecule has 0 spiro atoms. The molecular formula is C10H9BrN4O. The van der Waals surface area contributed by atoms with Gasteiger partial charge in [0.1, 0.15) is 6.54 Å². The van der Waals surface area contributed by atoms with Gasteiger partial charge in [-0.05, 0) is 18.2 Å². The molecule has 1 aromatic heterocycles. The van der Waals surface area contributed by atoms with Crippen molar-refractivity contribution in [3.63, 3.8) is 0 Å². The van der Waals surface area contributed by atoms with Crippen LogP contribution in [0.3, 0.4) is 0 Å². The summed E-state index contributed by atoms with van der Waals surface area (Å²) < 4.78 is 2.39. The first kappa shape index (κ1) is 10.8.